The normalized spacial score (nSPS) is 17.4. The van der Waals surface area contributed by atoms with Gasteiger partial charge >= 0.3 is 0 Å². The van der Waals surface area contributed by atoms with Gasteiger partial charge in [-0.25, -0.2) is 0 Å². The van der Waals surface area contributed by atoms with Crippen molar-refractivity contribution in [1.82, 2.24) is 10.2 Å². The van der Waals surface area contributed by atoms with Crippen LogP contribution in [0.5, 0.6) is 0 Å². The Morgan fingerprint density at radius 2 is 2.06 bits per heavy atom. The van der Waals surface area contributed by atoms with E-state index in [2.05, 4.69) is 48.5 Å². The Hall–Kier alpha value is -0.860. The van der Waals surface area contributed by atoms with Crippen LogP contribution in [0.4, 0.5) is 0 Å². The molecule has 2 nitrogen and oxygen atoms in total. The molecule has 0 aliphatic heterocycles. The maximum absolute atomic E-state index is 3.20. The second-order valence-corrected chi connectivity index (χ2v) is 5.34. The van der Waals surface area contributed by atoms with Gasteiger partial charge in [0.2, 0.25) is 0 Å². The van der Waals surface area contributed by atoms with Crippen LogP contribution in [0.25, 0.3) is 0 Å². The molecule has 1 fully saturated rings. The van der Waals surface area contributed by atoms with Crippen LogP contribution in [0.15, 0.2) is 24.3 Å². The van der Waals surface area contributed by atoms with E-state index in [0.29, 0.717) is 0 Å². The van der Waals surface area contributed by atoms with E-state index >= 15 is 0 Å². The Balaban J connectivity index is 1.94. The second-order valence-electron chi connectivity index (χ2n) is 5.34. The number of rotatable bonds is 6. The van der Waals surface area contributed by atoms with E-state index in [-0.39, 0.29) is 0 Å². The molecule has 0 spiro atoms. The monoisotopic (exact) mass is 232 g/mol. The van der Waals surface area contributed by atoms with E-state index in [1.54, 1.807) is 0 Å². The summed E-state index contributed by atoms with van der Waals surface area (Å²) < 4.78 is 0. The van der Waals surface area contributed by atoms with Gasteiger partial charge in [-0.2, -0.15) is 0 Å². The zero-order valence-corrected chi connectivity index (χ0v) is 11.2. The maximum Gasteiger partial charge on any atom is 0.0233 e. The summed E-state index contributed by atoms with van der Waals surface area (Å²) in [5, 5.41) is 3.20. The molecule has 0 radical (unpaired) electrons. The van der Waals surface area contributed by atoms with Crippen LogP contribution < -0.4 is 5.32 Å². The van der Waals surface area contributed by atoms with Crippen molar-refractivity contribution < 1.29 is 0 Å². The fourth-order valence-corrected chi connectivity index (χ4v) is 2.41. The first-order chi connectivity index (χ1) is 8.20. The zero-order valence-electron chi connectivity index (χ0n) is 11.2. The van der Waals surface area contributed by atoms with Gasteiger partial charge in [0.15, 0.2) is 0 Å². The third kappa shape index (κ3) is 3.55. The summed E-state index contributed by atoms with van der Waals surface area (Å²) in [6, 6.07) is 9.62. The van der Waals surface area contributed by atoms with Crippen LogP contribution in [0.3, 0.4) is 0 Å². The molecule has 2 heteroatoms. The third-order valence-corrected chi connectivity index (χ3v) is 3.80. The molecular weight excluding hydrogens is 208 g/mol. The van der Waals surface area contributed by atoms with Crippen molar-refractivity contribution in [3.8, 4) is 0 Å². The molecule has 0 bridgehead atoms. The molecule has 1 unspecified atom stereocenters. The van der Waals surface area contributed by atoms with Crippen molar-refractivity contribution in [2.45, 2.75) is 38.9 Å². The van der Waals surface area contributed by atoms with Crippen molar-refractivity contribution in [2.24, 2.45) is 5.92 Å². The largest absolute Gasteiger partial charge is 0.316 e. The first-order valence-electron chi connectivity index (χ1n) is 6.63. The van der Waals surface area contributed by atoms with Gasteiger partial charge in [-0.05, 0) is 50.9 Å². The Labute approximate surface area is 105 Å². The minimum Gasteiger partial charge on any atom is -0.316 e. The Morgan fingerprint density at radius 1 is 1.35 bits per heavy atom. The van der Waals surface area contributed by atoms with Gasteiger partial charge in [-0.3, -0.25) is 4.90 Å². The number of hydrogen-bond donors (Lipinski definition) is 1. The van der Waals surface area contributed by atoms with Gasteiger partial charge in [-0.15, -0.1) is 0 Å². The fraction of sp³-hybridized carbons (Fsp3) is 0.600. The molecule has 0 saturated heterocycles. The summed E-state index contributed by atoms with van der Waals surface area (Å²) in [5.74, 6) is 0.945. The fourth-order valence-electron chi connectivity index (χ4n) is 2.41. The highest BCUT2D eigenvalue weighted by Gasteiger charge is 2.30. The molecule has 1 aliphatic carbocycles. The summed E-state index contributed by atoms with van der Waals surface area (Å²) in [4.78, 5) is 2.48. The van der Waals surface area contributed by atoms with Gasteiger partial charge in [-0.1, -0.05) is 24.3 Å². The van der Waals surface area contributed by atoms with E-state index < -0.39 is 0 Å². The molecule has 2 rings (SSSR count). The number of nitrogens with one attached hydrogen (secondary N) is 1. The number of benzene rings is 1. The third-order valence-electron chi connectivity index (χ3n) is 3.80. The average molecular weight is 232 g/mol. The van der Waals surface area contributed by atoms with Gasteiger partial charge in [0.1, 0.15) is 0 Å². The van der Waals surface area contributed by atoms with E-state index in [1.165, 1.54) is 24.0 Å². The topological polar surface area (TPSA) is 15.3 Å². The molecular formula is C15H24N2. The van der Waals surface area contributed by atoms with Crippen molar-refractivity contribution in [3.05, 3.63) is 35.4 Å². The van der Waals surface area contributed by atoms with Gasteiger partial charge in [0.25, 0.3) is 0 Å². The summed E-state index contributed by atoms with van der Waals surface area (Å²) in [7, 11) is 4.24. The smallest absolute Gasteiger partial charge is 0.0233 e. The van der Waals surface area contributed by atoms with E-state index in [9.17, 15) is 0 Å². The van der Waals surface area contributed by atoms with Crippen LogP contribution in [0, 0.1) is 5.92 Å². The average Bonchev–Trinajstić information content (AvgIpc) is 3.13. The van der Waals surface area contributed by atoms with Gasteiger partial charge in [0.05, 0.1) is 0 Å². The Bertz CT molecular complexity index is 358. The van der Waals surface area contributed by atoms with E-state index in [4.69, 9.17) is 0 Å². The summed E-state index contributed by atoms with van der Waals surface area (Å²) in [6.07, 6.45) is 2.84. The molecule has 1 N–H and O–H groups in total. The predicted molar refractivity (Wildman–Crippen MR) is 72.9 cm³/mol. The molecule has 1 aliphatic rings. The standard InChI is InChI=1S/C15H24N2/c1-12(15-7-8-15)17(3)11-14-6-4-5-13(9-14)10-16-2/h4-6,9,12,15-16H,7-8,10-11H2,1-3H3. The summed E-state index contributed by atoms with van der Waals surface area (Å²) >= 11 is 0. The minimum atomic E-state index is 0.725. The molecule has 0 aromatic heterocycles. The highest BCUT2D eigenvalue weighted by Crippen LogP contribution is 2.35. The van der Waals surface area contributed by atoms with Crippen molar-refractivity contribution in [1.29, 1.82) is 0 Å². The molecule has 1 aromatic carbocycles. The Morgan fingerprint density at radius 3 is 2.71 bits per heavy atom. The van der Waals surface area contributed by atoms with Crippen LogP contribution in [0.2, 0.25) is 0 Å². The van der Waals surface area contributed by atoms with Gasteiger partial charge in [0, 0.05) is 19.1 Å². The molecule has 17 heavy (non-hydrogen) atoms. The van der Waals surface area contributed by atoms with Crippen molar-refractivity contribution >= 4 is 0 Å². The van der Waals surface area contributed by atoms with E-state index in [1.807, 2.05) is 7.05 Å². The van der Waals surface area contributed by atoms with Crippen LogP contribution in [0.1, 0.15) is 30.9 Å². The molecule has 0 heterocycles. The molecule has 94 valence electrons. The van der Waals surface area contributed by atoms with Crippen LogP contribution in [-0.4, -0.2) is 25.0 Å². The molecule has 1 aromatic rings. The van der Waals surface area contributed by atoms with Crippen LogP contribution >= 0.6 is 0 Å². The SMILES string of the molecule is CNCc1cccc(CN(C)C(C)C2CC2)c1. The number of nitrogens with zero attached hydrogens (tertiary/aromatic N) is 1. The van der Waals surface area contributed by atoms with Crippen molar-refractivity contribution in [3.63, 3.8) is 0 Å². The van der Waals surface area contributed by atoms with E-state index in [0.717, 1.165) is 25.0 Å². The lowest BCUT2D eigenvalue weighted by atomic mass is 10.1. The maximum atomic E-state index is 3.20. The summed E-state index contributed by atoms with van der Waals surface area (Å²) in [6.45, 7) is 4.38. The highest BCUT2D eigenvalue weighted by molar-refractivity contribution is 5.23. The molecule has 0 amide bonds. The van der Waals surface area contributed by atoms with Gasteiger partial charge < -0.3 is 5.32 Å². The summed E-state index contributed by atoms with van der Waals surface area (Å²) in [5.41, 5.74) is 2.80. The van der Waals surface area contributed by atoms with Crippen molar-refractivity contribution in [2.75, 3.05) is 14.1 Å². The predicted octanol–water partition coefficient (Wildman–Crippen LogP) is 2.64. The molecule has 1 atom stereocenters. The minimum absolute atomic E-state index is 0.725. The quantitative estimate of drug-likeness (QED) is 0.811. The second kappa shape index (κ2) is 5.65. The van der Waals surface area contributed by atoms with Crippen LogP contribution in [-0.2, 0) is 13.1 Å². The lowest BCUT2D eigenvalue weighted by Gasteiger charge is -2.24. The highest BCUT2D eigenvalue weighted by atomic mass is 15.1. The number of hydrogen-bond acceptors (Lipinski definition) is 2. The Kier molecular flexibility index (Phi) is 4.19. The lowest BCUT2D eigenvalue weighted by molar-refractivity contribution is 0.226. The zero-order chi connectivity index (χ0) is 12.3. The lowest BCUT2D eigenvalue weighted by Crippen LogP contribution is -2.30. The first-order valence-corrected chi connectivity index (χ1v) is 6.63. The first kappa shape index (κ1) is 12.6. The molecule has 1 saturated carbocycles.